The van der Waals surface area contributed by atoms with Crippen LogP contribution in [0.1, 0.15) is 68.3 Å². The second kappa shape index (κ2) is 9.29. The monoisotopic (exact) mass is 541 g/mol. The van der Waals surface area contributed by atoms with E-state index < -0.39 is 0 Å². The van der Waals surface area contributed by atoms with Gasteiger partial charge in [0.2, 0.25) is 11.9 Å². The Labute approximate surface area is 236 Å². The van der Waals surface area contributed by atoms with Crippen molar-refractivity contribution in [3.63, 3.8) is 0 Å². The molecule has 2 aromatic rings. The zero-order valence-corrected chi connectivity index (χ0v) is 23.5. The van der Waals surface area contributed by atoms with Gasteiger partial charge in [-0.25, -0.2) is 9.78 Å². The first kappa shape index (κ1) is 25.5. The van der Waals surface area contributed by atoms with Gasteiger partial charge in [0, 0.05) is 62.5 Å². The molecule has 3 saturated carbocycles. The Bertz CT molecular complexity index is 1330. The van der Waals surface area contributed by atoms with E-state index in [2.05, 4.69) is 63.3 Å². The summed E-state index contributed by atoms with van der Waals surface area (Å²) in [4.78, 5) is 39.6. The number of urea groups is 1. The molecule has 40 heavy (non-hydrogen) atoms. The molecule has 9 heteroatoms. The average molecular weight is 542 g/mol. The van der Waals surface area contributed by atoms with Crippen molar-refractivity contribution >= 4 is 23.7 Å². The van der Waals surface area contributed by atoms with Crippen LogP contribution in [0.15, 0.2) is 43.1 Å². The Morgan fingerprint density at radius 3 is 2.50 bits per heavy atom. The maximum atomic E-state index is 12.2. The Morgan fingerprint density at radius 1 is 1.18 bits per heavy atom. The molecule has 6 aliphatic rings. The maximum absolute atomic E-state index is 12.2. The van der Waals surface area contributed by atoms with Crippen LogP contribution in [0.4, 0.5) is 16.6 Å². The number of rotatable bonds is 9. The zero-order chi connectivity index (χ0) is 27.6. The zero-order valence-electron chi connectivity index (χ0n) is 23.5. The second-order valence-corrected chi connectivity index (χ2v) is 13.0. The lowest BCUT2D eigenvalue weighted by Crippen LogP contribution is -2.73. The summed E-state index contributed by atoms with van der Waals surface area (Å²) in [5.74, 6) is 2.24. The summed E-state index contributed by atoms with van der Waals surface area (Å²) < 4.78 is 0. The van der Waals surface area contributed by atoms with E-state index in [-0.39, 0.29) is 23.4 Å². The number of aromatic nitrogens is 2. The van der Waals surface area contributed by atoms with E-state index in [1.807, 2.05) is 11.8 Å². The number of carbonyl (C=O) groups excluding carboxylic acids is 2. The minimum absolute atomic E-state index is 0.0197. The van der Waals surface area contributed by atoms with Crippen LogP contribution in [-0.4, -0.2) is 64.4 Å². The highest BCUT2D eigenvalue weighted by Crippen LogP contribution is 2.68. The Hall–Kier alpha value is -3.46. The summed E-state index contributed by atoms with van der Waals surface area (Å²) in [6.45, 7) is 12.6. The summed E-state index contributed by atoms with van der Waals surface area (Å²) >= 11 is 0. The summed E-state index contributed by atoms with van der Waals surface area (Å²) in [7, 11) is 0. The number of benzene rings is 1. The molecule has 2 bridgehead atoms. The van der Waals surface area contributed by atoms with Gasteiger partial charge < -0.3 is 15.5 Å². The van der Waals surface area contributed by atoms with Gasteiger partial charge in [-0.15, -0.1) is 0 Å². The van der Waals surface area contributed by atoms with E-state index in [0.29, 0.717) is 36.3 Å². The third-order valence-electron chi connectivity index (χ3n) is 10.1. The van der Waals surface area contributed by atoms with Crippen molar-refractivity contribution < 1.29 is 9.59 Å². The molecule has 210 valence electrons. The number of amides is 3. The number of hydrogen-bond donors (Lipinski definition) is 2. The third kappa shape index (κ3) is 4.17. The normalized spacial score (nSPS) is 27.2. The van der Waals surface area contributed by atoms with E-state index in [1.165, 1.54) is 42.9 Å². The highest BCUT2D eigenvalue weighted by atomic mass is 16.2. The Balaban J connectivity index is 1.03. The molecule has 1 aromatic heterocycles. The predicted octanol–water partition coefficient (Wildman–Crippen LogP) is 4.26. The van der Waals surface area contributed by atoms with Gasteiger partial charge in [-0.2, -0.15) is 4.98 Å². The fraction of sp³-hybridized carbons (Fsp3) is 0.548. The average Bonchev–Trinajstić information content (AvgIpc) is 2.86. The lowest BCUT2D eigenvalue weighted by molar-refractivity contribution is -0.172. The molecule has 8 rings (SSSR count). The molecule has 1 aromatic carbocycles. The van der Waals surface area contributed by atoms with Crippen LogP contribution in [0.3, 0.4) is 0 Å². The topological polar surface area (TPSA) is 93.7 Å². The first-order valence-electron chi connectivity index (χ1n) is 14.7. The summed E-state index contributed by atoms with van der Waals surface area (Å²) in [6.07, 6.45) is 8.68. The highest BCUT2D eigenvalue weighted by molar-refractivity contribution is 5.93. The van der Waals surface area contributed by atoms with Gasteiger partial charge in [-0.05, 0) is 68.1 Å². The fourth-order valence-corrected chi connectivity index (χ4v) is 7.83. The smallest absolute Gasteiger partial charge is 0.323 e. The summed E-state index contributed by atoms with van der Waals surface area (Å²) in [5, 5.41) is 6.30. The van der Waals surface area contributed by atoms with Crippen LogP contribution >= 0.6 is 0 Å². The van der Waals surface area contributed by atoms with Crippen molar-refractivity contribution in [1.82, 2.24) is 25.1 Å². The predicted molar refractivity (Wildman–Crippen MR) is 154 cm³/mol. The first-order valence-corrected chi connectivity index (χ1v) is 14.7. The number of nitrogens with one attached hydrogen (secondary N) is 2. The minimum Gasteiger partial charge on any atom is -0.348 e. The van der Waals surface area contributed by atoms with Gasteiger partial charge >= 0.3 is 6.03 Å². The van der Waals surface area contributed by atoms with E-state index in [0.717, 1.165) is 37.7 Å². The molecule has 3 aliphatic heterocycles. The molecule has 0 unspecified atom stereocenters. The van der Waals surface area contributed by atoms with Crippen LogP contribution in [-0.2, 0) is 11.3 Å². The van der Waals surface area contributed by atoms with Crippen LogP contribution in [0.25, 0.3) is 0 Å². The SMILES string of the molecule is C=CC(=O)N1CC2(C1)CN([C@@H](CC13CC(C1)C3)c1ccc([C@H](C)Nc3ncc4c(n3)N(CC)C(=O)NC4)cc1)C2. The molecule has 1 spiro atoms. The molecule has 2 atom stereocenters. The van der Waals surface area contributed by atoms with Gasteiger partial charge in [-0.1, -0.05) is 30.8 Å². The molecule has 5 fully saturated rings. The number of nitrogens with zero attached hydrogens (tertiary/aromatic N) is 5. The lowest BCUT2D eigenvalue weighted by Gasteiger charge is -2.66. The molecule has 3 aliphatic carbocycles. The maximum Gasteiger partial charge on any atom is 0.323 e. The van der Waals surface area contributed by atoms with Crippen molar-refractivity contribution in [2.75, 3.05) is 42.9 Å². The fourth-order valence-electron chi connectivity index (χ4n) is 7.83. The van der Waals surface area contributed by atoms with Crippen LogP contribution < -0.4 is 15.5 Å². The number of anilines is 2. The molecule has 9 nitrogen and oxygen atoms in total. The van der Waals surface area contributed by atoms with E-state index in [9.17, 15) is 9.59 Å². The van der Waals surface area contributed by atoms with E-state index >= 15 is 0 Å². The largest absolute Gasteiger partial charge is 0.348 e. The van der Waals surface area contributed by atoms with Crippen molar-refractivity contribution in [2.45, 2.75) is 58.2 Å². The molecule has 2 N–H and O–H groups in total. The Morgan fingerprint density at radius 2 is 1.88 bits per heavy atom. The van der Waals surface area contributed by atoms with Crippen LogP contribution in [0.2, 0.25) is 0 Å². The number of likely N-dealkylation sites (tertiary alicyclic amines) is 2. The van der Waals surface area contributed by atoms with Crippen LogP contribution in [0.5, 0.6) is 0 Å². The van der Waals surface area contributed by atoms with Gasteiger partial charge in [0.15, 0.2) is 0 Å². The number of carbonyl (C=O) groups is 2. The number of hydrogen-bond acceptors (Lipinski definition) is 6. The van der Waals surface area contributed by atoms with E-state index in [1.54, 1.807) is 11.1 Å². The number of fused-ring (bicyclic) bond motifs is 1. The molecular formula is C31H39N7O2. The molecule has 0 radical (unpaired) electrons. The van der Waals surface area contributed by atoms with Gasteiger partial charge in [0.1, 0.15) is 5.82 Å². The summed E-state index contributed by atoms with van der Waals surface area (Å²) in [5.41, 5.74) is 4.33. The third-order valence-corrected chi connectivity index (χ3v) is 10.1. The van der Waals surface area contributed by atoms with Crippen LogP contribution in [0, 0.1) is 16.7 Å². The van der Waals surface area contributed by atoms with E-state index in [4.69, 9.17) is 0 Å². The second-order valence-electron chi connectivity index (χ2n) is 13.0. The molecule has 3 amide bonds. The molecule has 4 heterocycles. The standard InChI is InChI=1S/C31H39N7O2/c1-4-26(39)37-18-31(19-37)16-36(17-31)25(13-30-10-21(11-30)12-30)23-8-6-22(7-9-23)20(3)34-28-32-14-24-15-33-29(40)38(5-2)27(24)35-28/h4,6-9,14,20-21,25H,1,5,10-13,15-19H2,2-3H3,(H,33,40)(H,32,34,35)/t20-,21?,25-,30?/m0/s1. The first-order chi connectivity index (χ1) is 19.3. The van der Waals surface area contributed by atoms with Crippen molar-refractivity contribution in [3.8, 4) is 0 Å². The van der Waals surface area contributed by atoms with Gasteiger partial charge in [0.05, 0.1) is 6.04 Å². The lowest BCUT2D eigenvalue weighted by atomic mass is 9.42. The summed E-state index contributed by atoms with van der Waals surface area (Å²) in [6, 6.07) is 9.41. The van der Waals surface area contributed by atoms with Crippen molar-refractivity contribution in [2.24, 2.45) is 16.7 Å². The highest BCUT2D eigenvalue weighted by Gasteiger charge is 2.59. The Kier molecular flexibility index (Phi) is 5.93. The quantitative estimate of drug-likeness (QED) is 0.461. The molecule has 2 saturated heterocycles. The molecular weight excluding hydrogens is 502 g/mol. The van der Waals surface area contributed by atoms with Crippen molar-refractivity contribution in [1.29, 1.82) is 0 Å². The van der Waals surface area contributed by atoms with Gasteiger partial charge in [0.25, 0.3) is 0 Å². The minimum atomic E-state index is -0.121. The van der Waals surface area contributed by atoms with Gasteiger partial charge in [-0.3, -0.25) is 14.6 Å². The van der Waals surface area contributed by atoms with Crippen molar-refractivity contribution in [3.05, 3.63) is 59.8 Å².